The summed E-state index contributed by atoms with van der Waals surface area (Å²) in [5.41, 5.74) is 8.78. The lowest BCUT2D eigenvalue weighted by molar-refractivity contribution is 0.406. The average molecular weight is 249 g/mol. The van der Waals surface area contributed by atoms with E-state index in [0.717, 1.165) is 18.6 Å². The highest BCUT2D eigenvalue weighted by Gasteiger charge is 2.10. The van der Waals surface area contributed by atoms with Crippen LogP contribution in [0.25, 0.3) is 0 Å². The first-order valence-corrected chi connectivity index (χ1v) is 7.00. The third-order valence-electron chi connectivity index (χ3n) is 3.38. The second-order valence-corrected chi connectivity index (χ2v) is 5.33. The van der Waals surface area contributed by atoms with Gasteiger partial charge in [0.15, 0.2) is 0 Å². The van der Waals surface area contributed by atoms with Crippen LogP contribution in [0.1, 0.15) is 57.1 Å². The normalized spacial score (nSPS) is 12.8. The molecule has 2 nitrogen and oxygen atoms in total. The number of hydrogen-bond acceptors (Lipinski definition) is 2. The Hall–Kier alpha value is -1.02. The maximum Gasteiger partial charge on any atom is 0.122 e. The summed E-state index contributed by atoms with van der Waals surface area (Å²) in [7, 11) is 1.73. The van der Waals surface area contributed by atoms with Gasteiger partial charge in [-0.3, -0.25) is 0 Å². The summed E-state index contributed by atoms with van der Waals surface area (Å²) >= 11 is 0. The van der Waals surface area contributed by atoms with Crippen molar-refractivity contribution >= 4 is 0 Å². The second kappa shape index (κ2) is 7.42. The van der Waals surface area contributed by atoms with Gasteiger partial charge in [0.1, 0.15) is 5.75 Å². The van der Waals surface area contributed by atoms with Crippen molar-refractivity contribution in [3.8, 4) is 5.75 Å². The molecule has 0 radical (unpaired) electrons. The van der Waals surface area contributed by atoms with Gasteiger partial charge in [-0.2, -0.15) is 0 Å². The van der Waals surface area contributed by atoms with Crippen molar-refractivity contribution in [2.24, 2.45) is 5.73 Å². The van der Waals surface area contributed by atoms with Gasteiger partial charge < -0.3 is 10.5 Å². The Morgan fingerprint density at radius 3 is 2.56 bits per heavy atom. The quantitative estimate of drug-likeness (QED) is 0.796. The van der Waals surface area contributed by atoms with E-state index >= 15 is 0 Å². The minimum absolute atomic E-state index is 0.237. The zero-order valence-corrected chi connectivity index (χ0v) is 12.2. The summed E-state index contributed by atoms with van der Waals surface area (Å²) in [6, 6.07) is 6.69. The zero-order chi connectivity index (χ0) is 13.5. The van der Waals surface area contributed by atoms with Crippen molar-refractivity contribution in [3.63, 3.8) is 0 Å². The highest BCUT2D eigenvalue weighted by atomic mass is 16.5. The van der Waals surface area contributed by atoms with Gasteiger partial charge in [-0.15, -0.1) is 0 Å². The van der Waals surface area contributed by atoms with E-state index < -0.39 is 0 Å². The van der Waals surface area contributed by atoms with Crippen molar-refractivity contribution in [3.05, 3.63) is 29.3 Å². The number of methoxy groups -OCH3 is 1. The molecule has 0 amide bonds. The van der Waals surface area contributed by atoms with Gasteiger partial charge in [0.05, 0.1) is 7.11 Å². The molecular weight excluding hydrogens is 222 g/mol. The van der Waals surface area contributed by atoms with Crippen molar-refractivity contribution in [2.45, 2.75) is 58.4 Å². The first kappa shape index (κ1) is 15.0. The molecule has 1 aromatic rings. The van der Waals surface area contributed by atoms with Crippen molar-refractivity contribution in [1.82, 2.24) is 0 Å². The summed E-state index contributed by atoms with van der Waals surface area (Å²) in [5, 5.41) is 0. The molecule has 1 unspecified atom stereocenters. The zero-order valence-electron chi connectivity index (χ0n) is 12.2. The maximum absolute atomic E-state index is 6.19. The molecule has 0 spiro atoms. The summed E-state index contributed by atoms with van der Waals surface area (Å²) in [6.07, 6.45) is 4.40. The number of benzene rings is 1. The third-order valence-corrected chi connectivity index (χ3v) is 3.38. The Labute approximate surface area is 112 Å². The minimum Gasteiger partial charge on any atom is -0.496 e. The van der Waals surface area contributed by atoms with Gasteiger partial charge in [0.2, 0.25) is 0 Å². The molecule has 1 aromatic carbocycles. The third kappa shape index (κ3) is 4.34. The molecule has 2 heteroatoms. The Morgan fingerprint density at radius 1 is 1.28 bits per heavy atom. The molecule has 0 saturated carbocycles. The lowest BCUT2D eigenvalue weighted by Crippen LogP contribution is -2.23. The molecule has 0 aliphatic heterocycles. The highest BCUT2D eigenvalue weighted by molar-refractivity contribution is 5.38. The van der Waals surface area contributed by atoms with E-state index in [-0.39, 0.29) is 6.04 Å². The predicted octanol–water partition coefficient (Wildman–Crippen LogP) is 3.88. The van der Waals surface area contributed by atoms with Crippen LogP contribution in [0.4, 0.5) is 0 Å². The standard InChI is InChI=1S/C16H27NO/c1-5-6-7-15(17)11-14-10-13(12(2)3)8-9-16(14)18-4/h8-10,12,15H,5-7,11,17H2,1-4H3. The van der Waals surface area contributed by atoms with Crippen LogP contribution in [0, 0.1) is 0 Å². The Bertz CT molecular complexity index is 360. The van der Waals surface area contributed by atoms with Crippen LogP contribution in [0.15, 0.2) is 18.2 Å². The SMILES string of the molecule is CCCCC(N)Cc1cc(C(C)C)ccc1OC. The summed E-state index contributed by atoms with van der Waals surface area (Å²) in [6.45, 7) is 6.62. The fraction of sp³-hybridized carbons (Fsp3) is 0.625. The summed E-state index contributed by atoms with van der Waals surface area (Å²) < 4.78 is 5.43. The van der Waals surface area contributed by atoms with Gasteiger partial charge in [-0.1, -0.05) is 45.7 Å². The van der Waals surface area contributed by atoms with Crippen molar-refractivity contribution < 1.29 is 4.74 Å². The van der Waals surface area contributed by atoms with E-state index in [1.165, 1.54) is 24.0 Å². The minimum atomic E-state index is 0.237. The van der Waals surface area contributed by atoms with E-state index in [4.69, 9.17) is 10.5 Å². The van der Waals surface area contributed by atoms with E-state index in [2.05, 4.69) is 39.0 Å². The highest BCUT2D eigenvalue weighted by Crippen LogP contribution is 2.25. The molecule has 0 bridgehead atoms. The second-order valence-electron chi connectivity index (χ2n) is 5.33. The van der Waals surface area contributed by atoms with Crippen LogP contribution < -0.4 is 10.5 Å². The molecular formula is C16H27NO. The van der Waals surface area contributed by atoms with Gasteiger partial charge >= 0.3 is 0 Å². The molecule has 102 valence electrons. The molecule has 18 heavy (non-hydrogen) atoms. The Morgan fingerprint density at radius 2 is 2.00 bits per heavy atom. The largest absolute Gasteiger partial charge is 0.496 e. The Kier molecular flexibility index (Phi) is 6.20. The van der Waals surface area contributed by atoms with Gasteiger partial charge in [-0.05, 0) is 36.0 Å². The molecule has 0 saturated heterocycles. The van der Waals surface area contributed by atoms with E-state index in [0.29, 0.717) is 5.92 Å². The molecule has 0 aromatic heterocycles. The van der Waals surface area contributed by atoms with Crippen LogP contribution in [0.3, 0.4) is 0 Å². The number of unbranched alkanes of at least 4 members (excludes halogenated alkanes) is 1. The molecule has 0 aliphatic rings. The number of ether oxygens (including phenoxy) is 1. The predicted molar refractivity (Wildman–Crippen MR) is 78.3 cm³/mol. The molecule has 1 rings (SSSR count). The number of nitrogens with two attached hydrogens (primary N) is 1. The van der Waals surface area contributed by atoms with Crippen molar-refractivity contribution in [1.29, 1.82) is 0 Å². The molecule has 2 N–H and O–H groups in total. The van der Waals surface area contributed by atoms with E-state index in [9.17, 15) is 0 Å². The van der Waals surface area contributed by atoms with Crippen LogP contribution >= 0.6 is 0 Å². The Balaban J connectivity index is 2.80. The smallest absolute Gasteiger partial charge is 0.122 e. The first-order valence-electron chi connectivity index (χ1n) is 7.00. The van der Waals surface area contributed by atoms with Crippen LogP contribution in [-0.4, -0.2) is 13.2 Å². The van der Waals surface area contributed by atoms with E-state index in [1.54, 1.807) is 7.11 Å². The van der Waals surface area contributed by atoms with Crippen LogP contribution in [0.2, 0.25) is 0 Å². The molecule has 0 heterocycles. The van der Waals surface area contributed by atoms with Gasteiger partial charge in [0.25, 0.3) is 0 Å². The van der Waals surface area contributed by atoms with Crippen LogP contribution in [-0.2, 0) is 6.42 Å². The summed E-state index contributed by atoms with van der Waals surface area (Å²) in [4.78, 5) is 0. The molecule has 0 fully saturated rings. The number of hydrogen-bond donors (Lipinski definition) is 1. The first-order chi connectivity index (χ1) is 8.58. The topological polar surface area (TPSA) is 35.2 Å². The fourth-order valence-corrected chi connectivity index (χ4v) is 2.17. The van der Waals surface area contributed by atoms with Gasteiger partial charge in [0, 0.05) is 6.04 Å². The van der Waals surface area contributed by atoms with E-state index in [1.807, 2.05) is 0 Å². The number of rotatable bonds is 7. The fourth-order valence-electron chi connectivity index (χ4n) is 2.17. The summed E-state index contributed by atoms with van der Waals surface area (Å²) in [5.74, 6) is 1.51. The van der Waals surface area contributed by atoms with Crippen molar-refractivity contribution in [2.75, 3.05) is 7.11 Å². The lowest BCUT2D eigenvalue weighted by atomic mass is 9.95. The monoisotopic (exact) mass is 249 g/mol. The molecule has 0 aliphatic carbocycles. The van der Waals surface area contributed by atoms with Gasteiger partial charge in [-0.25, -0.2) is 0 Å². The maximum atomic E-state index is 6.19. The lowest BCUT2D eigenvalue weighted by Gasteiger charge is -2.16. The van der Waals surface area contributed by atoms with Crippen LogP contribution in [0.5, 0.6) is 5.75 Å². The average Bonchev–Trinajstić information content (AvgIpc) is 2.36. The molecule has 1 atom stereocenters.